The molecule has 4 aliphatic rings. The highest BCUT2D eigenvalue weighted by Crippen LogP contribution is 2.63. The first kappa shape index (κ1) is 49.5. The van der Waals surface area contributed by atoms with E-state index in [0.717, 1.165) is 40.5 Å². The summed E-state index contributed by atoms with van der Waals surface area (Å²) in [5, 5.41) is 4.85. The molecule has 5 heterocycles. The zero-order valence-electron chi connectivity index (χ0n) is 48.3. The normalized spacial score (nSPS) is 18.7. The molecule has 4 nitrogen and oxygen atoms in total. The molecular formula is C74H70BN3OS. The van der Waals surface area contributed by atoms with Crippen LogP contribution in [0.1, 0.15) is 124 Å². The number of rotatable bonds is 4. The summed E-state index contributed by atoms with van der Waals surface area (Å²) < 4.78 is 9.56. The Morgan fingerprint density at radius 2 is 1.06 bits per heavy atom. The van der Waals surface area contributed by atoms with Crippen molar-refractivity contribution in [2.75, 3.05) is 14.7 Å². The van der Waals surface area contributed by atoms with Gasteiger partial charge in [0, 0.05) is 76.0 Å². The first-order chi connectivity index (χ1) is 38.3. The number of anilines is 8. The van der Waals surface area contributed by atoms with Gasteiger partial charge in [-0.3, -0.25) is 0 Å². The zero-order valence-corrected chi connectivity index (χ0v) is 49.1. The van der Waals surface area contributed by atoms with Crippen LogP contribution in [0.5, 0.6) is 0 Å². The second kappa shape index (κ2) is 17.0. The lowest BCUT2D eigenvalue weighted by molar-refractivity contribution is 0.195. The average molecular weight is 1060 g/mol. The van der Waals surface area contributed by atoms with Crippen molar-refractivity contribution in [1.29, 1.82) is 0 Å². The second-order valence-electron chi connectivity index (χ2n) is 27.3. The monoisotopic (exact) mass is 1060 g/mol. The van der Waals surface area contributed by atoms with E-state index in [1.165, 1.54) is 123 Å². The van der Waals surface area contributed by atoms with E-state index in [1.54, 1.807) is 0 Å². The molecule has 0 radical (unpaired) electrons. The van der Waals surface area contributed by atoms with Gasteiger partial charge < -0.3 is 19.1 Å². The molecule has 2 unspecified atom stereocenters. The van der Waals surface area contributed by atoms with Gasteiger partial charge in [-0.2, -0.15) is 0 Å². The minimum Gasteiger partial charge on any atom is -0.456 e. The summed E-state index contributed by atoms with van der Waals surface area (Å²) in [7, 11) is 0. The molecular weight excluding hydrogens is 990 g/mol. The van der Waals surface area contributed by atoms with Crippen LogP contribution in [0, 0.1) is 0 Å². The third kappa shape index (κ3) is 7.06. The van der Waals surface area contributed by atoms with Crippen LogP contribution in [-0.4, -0.2) is 12.3 Å². The van der Waals surface area contributed by atoms with E-state index in [2.05, 4.69) is 267 Å². The second-order valence-corrected chi connectivity index (χ2v) is 28.3. The fourth-order valence-corrected chi connectivity index (χ4v) is 16.0. The molecule has 0 N–H and O–H groups in total. The standard InChI is InChI=1S/C74H70BN3OS/c1-70(2,3)46-30-33-57(52(38-46)45-22-13-12-14-23-45)76-61-43-53-50-24-15-17-27-64(50)79-65(53)44-56(61)75-55-40-48(72(7,8)9)32-35-59(55)77(60-26-21-29-67-68(60)51-25-16-18-28-66(51)80-67)63-42-49(41-62(76)69(63)75)78-58-34-31-47(71(4,5)6)39-54(58)73(10)36-19-20-37-74(73,78)11/h12-18,21-35,38-44H,19-20,36-37H2,1-11H3. The zero-order chi connectivity index (χ0) is 55.0. The van der Waals surface area contributed by atoms with Gasteiger partial charge in [0.1, 0.15) is 11.2 Å². The predicted molar refractivity (Wildman–Crippen MR) is 345 cm³/mol. The molecule has 0 amide bonds. The molecule has 396 valence electrons. The lowest BCUT2D eigenvalue weighted by Gasteiger charge is -2.51. The Labute approximate surface area is 476 Å². The van der Waals surface area contributed by atoms with Gasteiger partial charge >= 0.3 is 0 Å². The molecule has 0 spiro atoms. The van der Waals surface area contributed by atoms with Crippen molar-refractivity contribution in [3.05, 3.63) is 198 Å². The van der Waals surface area contributed by atoms with Crippen molar-refractivity contribution in [1.82, 2.24) is 0 Å². The summed E-state index contributed by atoms with van der Waals surface area (Å²) in [6, 6.07) is 68.2. The number of furan rings is 1. The van der Waals surface area contributed by atoms with Crippen molar-refractivity contribution in [3.63, 3.8) is 0 Å². The number of benzene rings is 9. The molecule has 1 saturated carbocycles. The van der Waals surface area contributed by atoms with Gasteiger partial charge in [0.25, 0.3) is 6.71 Å². The van der Waals surface area contributed by atoms with Crippen molar-refractivity contribution in [2.24, 2.45) is 0 Å². The maximum Gasteiger partial charge on any atom is 0.252 e. The van der Waals surface area contributed by atoms with E-state index in [1.807, 2.05) is 11.3 Å². The SMILES string of the molecule is CC(C)(C)c1ccc2c(c1)B1c3cc4oc5ccccc5c4cc3N(c3ccc(C(C)(C)C)cc3-c3ccccc3)c3cc(N4c5ccc(C(C)(C)C)cc5C5(C)CCCCC45C)cc(c31)N2c1cccc2sc3ccccc3c12. The summed E-state index contributed by atoms with van der Waals surface area (Å²) >= 11 is 1.90. The first-order valence-electron chi connectivity index (χ1n) is 29.2. The van der Waals surface area contributed by atoms with E-state index < -0.39 is 0 Å². The van der Waals surface area contributed by atoms with Crippen LogP contribution in [0.3, 0.4) is 0 Å². The summed E-state index contributed by atoms with van der Waals surface area (Å²) in [6.07, 6.45) is 4.67. The van der Waals surface area contributed by atoms with Crippen LogP contribution in [0.4, 0.5) is 45.5 Å². The molecule has 3 aliphatic heterocycles. The highest BCUT2D eigenvalue weighted by Gasteiger charge is 2.58. The van der Waals surface area contributed by atoms with Gasteiger partial charge in [-0.15, -0.1) is 11.3 Å². The van der Waals surface area contributed by atoms with E-state index in [4.69, 9.17) is 4.42 Å². The molecule has 15 rings (SSSR count). The van der Waals surface area contributed by atoms with E-state index >= 15 is 0 Å². The Morgan fingerprint density at radius 3 is 1.80 bits per heavy atom. The van der Waals surface area contributed by atoms with Crippen LogP contribution >= 0.6 is 11.3 Å². The minimum atomic E-state index is -0.199. The minimum absolute atomic E-state index is 0.0150. The third-order valence-corrected chi connectivity index (χ3v) is 20.6. The number of nitrogens with zero attached hydrogens (tertiary/aromatic N) is 3. The number of hydrogen-bond donors (Lipinski definition) is 0. The molecule has 6 heteroatoms. The quantitative estimate of drug-likeness (QED) is 0.164. The van der Waals surface area contributed by atoms with Crippen molar-refractivity contribution in [2.45, 2.75) is 129 Å². The molecule has 11 aromatic rings. The van der Waals surface area contributed by atoms with Gasteiger partial charge in [-0.25, -0.2) is 0 Å². The van der Waals surface area contributed by atoms with Crippen LogP contribution < -0.4 is 31.1 Å². The molecule has 1 fully saturated rings. The lowest BCUT2D eigenvalue weighted by Crippen LogP contribution is -2.61. The highest BCUT2D eigenvalue weighted by atomic mass is 32.1. The smallest absolute Gasteiger partial charge is 0.252 e. The number of hydrogen-bond acceptors (Lipinski definition) is 5. The predicted octanol–water partition coefficient (Wildman–Crippen LogP) is 19.3. The van der Waals surface area contributed by atoms with E-state index in [0.29, 0.717) is 0 Å². The van der Waals surface area contributed by atoms with Crippen molar-refractivity contribution in [3.8, 4) is 11.1 Å². The van der Waals surface area contributed by atoms with Crippen LogP contribution in [0.2, 0.25) is 0 Å². The molecule has 2 atom stereocenters. The van der Waals surface area contributed by atoms with Gasteiger partial charge in [0.2, 0.25) is 0 Å². The molecule has 0 saturated heterocycles. The molecule has 0 bridgehead atoms. The fourth-order valence-electron chi connectivity index (χ4n) is 14.9. The third-order valence-electron chi connectivity index (χ3n) is 19.5. The van der Waals surface area contributed by atoms with E-state index in [9.17, 15) is 0 Å². The summed E-state index contributed by atoms with van der Waals surface area (Å²) in [4.78, 5) is 8.20. The molecule has 2 aromatic heterocycles. The Bertz CT molecular complexity index is 4390. The summed E-state index contributed by atoms with van der Waals surface area (Å²) in [5.74, 6) is 0. The number of para-hydroxylation sites is 1. The van der Waals surface area contributed by atoms with Crippen molar-refractivity contribution >= 4 is 122 Å². The Balaban J connectivity index is 1.13. The van der Waals surface area contributed by atoms with E-state index in [-0.39, 0.29) is 33.9 Å². The van der Waals surface area contributed by atoms with Gasteiger partial charge in [0.15, 0.2) is 0 Å². The number of fused-ring (bicyclic) bond motifs is 13. The maximum atomic E-state index is 6.96. The Morgan fingerprint density at radius 1 is 0.463 bits per heavy atom. The van der Waals surface area contributed by atoms with Crippen LogP contribution in [-0.2, 0) is 21.7 Å². The van der Waals surface area contributed by atoms with Crippen LogP contribution in [0.25, 0.3) is 53.2 Å². The Kier molecular flexibility index (Phi) is 10.5. The lowest BCUT2D eigenvalue weighted by atomic mass is 9.33. The van der Waals surface area contributed by atoms with Crippen molar-refractivity contribution < 1.29 is 4.42 Å². The largest absolute Gasteiger partial charge is 0.456 e. The Hall–Kier alpha value is -7.54. The van der Waals surface area contributed by atoms with Crippen LogP contribution in [0.15, 0.2) is 180 Å². The topological polar surface area (TPSA) is 22.9 Å². The maximum absolute atomic E-state index is 6.96. The van der Waals surface area contributed by atoms with Gasteiger partial charge in [-0.1, -0.05) is 185 Å². The summed E-state index contributed by atoms with van der Waals surface area (Å²) in [6.45, 7) is 26.3. The summed E-state index contributed by atoms with van der Waals surface area (Å²) in [5.41, 5.74) is 23.0. The molecule has 1 aliphatic carbocycles. The first-order valence-corrected chi connectivity index (χ1v) is 30.1. The highest BCUT2D eigenvalue weighted by molar-refractivity contribution is 7.26. The fraction of sp³-hybridized carbons (Fsp3) is 0.270. The van der Waals surface area contributed by atoms with Gasteiger partial charge in [0.05, 0.1) is 16.9 Å². The van der Waals surface area contributed by atoms with Gasteiger partial charge in [-0.05, 0) is 153 Å². The molecule has 80 heavy (non-hydrogen) atoms. The number of thiophene rings is 1. The molecule has 9 aromatic carbocycles. The average Bonchev–Trinajstić information content (AvgIpc) is 2.98.